The van der Waals surface area contributed by atoms with E-state index in [4.69, 9.17) is 0 Å². The van der Waals surface area contributed by atoms with E-state index in [0.29, 0.717) is 0 Å². The van der Waals surface area contributed by atoms with Gasteiger partial charge in [0.2, 0.25) is 5.91 Å². The zero-order valence-electron chi connectivity index (χ0n) is 13.1. The molecule has 118 valence electrons. The summed E-state index contributed by atoms with van der Waals surface area (Å²) < 4.78 is 0. The average molecular weight is 316 g/mol. The molecule has 1 heterocycles. The molecule has 0 aromatic carbocycles. The van der Waals surface area contributed by atoms with Crippen LogP contribution in [-0.2, 0) is 4.79 Å². The van der Waals surface area contributed by atoms with Gasteiger partial charge >= 0.3 is 0 Å². The Bertz CT molecular complexity index is 524. The molecule has 1 aromatic heterocycles. The smallest absolute Gasteiger partial charge is 0.233 e. The number of rotatable bonds is 4. The van der Waals surface area contributed by atoms with E-state index in [0.717, 1.165) is 22.8 Å². The Labute approximate surface area is 136 Å². The highest BCUT2D eigenvalue weighted by molar-refractivity contribution is 8.00. The monoisotopic (exact) mass is 316 g/mol. The zero-order chi connectivity index (χ0) is 15.2. The van der Waals surface area contributed by atoms with Crippen molar-refractivity contribution in [2.24, 2.45) is 17.8 Å². The molecule has 0 saturated heterocycles. The Morgan fingerprint density at radius 2 is 1.86 bits per heavy atom. The molecule has 1 atom stereocenters. The maximum Gasteiger partial charge on any atom is 0.233 e. The van der Waals surface area contributed by atoms with Crippen LogP contribution in [0, 0.1) is 17.8 Å². The molecule has 0 spiro atoms. The summed E-state index contributed by atoms with van der Waals surface area (Å²) in [5, 5.41) is 4.30. The molecular formula is C18H24N2OS. The number of carbonyl (C=O) groups is 1. The van der Waals surface area contributed by atoms with Gasteiger partial charge in [0, 0.05) is 11.7 Å². The van der Waals surface area contributed by atoms with Crippen LogP contribution in [0.25, 0.3) is 0 Å². The number of hydrogen-bond acceptors (Lipinski definition) is 3. The van der Waals surface area contributed by atoms with Crippen LogP contribution in [0.1, 0.15) is 45.4 Å². The topological polar surface area (TPSA) is 42.0 Å². The molecule has 4 heteroatoms. The summed E-state index contributed by atoms with van der Waals surface area (Å²) in [6.45, 7) is 2.00. The molecule has 22 heavy (non-hydrogen) atoms. The van der Waals surface area contributed by atoms with Crippen LogP contribution in [-0.4, -0.2) is 21.7 Å². The zero-order valence-corrected chi connectivity index (χ0v) is 13.9. The minimum absolute atomic E-state index is 0.0806. The SMILES string of the molecule is C[C@@H](Sc1ccccn1)C(=O)NC12CC3CC(CC(C3)C1)C2. The van der Waals surface area contributed by atoms with Crippen molar-refractivity contribution >= 4 is 17.7 Å². The molecule has 4 aliphatic carbocycles. The van der Waals surface area contributed by atoms with Gasteiger partial charge in [-0.15, -0.1) is 0 Å². The van der Waals surface area contributed by atoms with Crippen molar-refractivity contribution in [3.8, 4) is 0 Å². The van der Waals surface area contributed by atoms with Gasteiger partial charge in [-0.2, -0.15) is 0 Å². The van der Waals surface area contributed by atoms with Gasteiger partial charge in [-0.1, -0.05) is 17.8 Å². The average Bonchev–Trinajstić information content (AvgIpc) is 2.46. The Hall–Kier alpha value is -1.03. The number of hydrogen-bond donors (Lipinski definition) is 1. The molecule has 1 N–H and O–H groups in total. The van der Waals surface area contributed by atoms with E-state index in [1.807, 2.05) is 25.1 Å². The van der Waals surface area contributed by atoms with Crippen LogP contribution in [0.4, 0.5) is 0 Å². The Kier molecular flexibility index (Phi) is 3.67. The molecule has 4 aliphatic rings. The summed E-state index contributed by atoms with van der Waals surface area (Å²) >= 11 is 1.56. The number of carbonyl (C=O) groups excluding carboxylic acids is 1. The Morgan fingerprint density at radius 3 is 2.41 bits per heavy atom. The van der Waals surface area contributed by atoms with Crippen LogP contribution in [0.5, 0.6) is 0 Å². The van der Waals surface area contributed by atoms with Crippen LogP contribution < -0.4 is 5.32 Å². The van der Waals surface area contributed by atoms with Crippen molar-refractivity contribution in [1.82, 2.24) is 10.3 Å². The number of thioether (sulfide) groups is 1. The highest BCUT2D eigenvalue weighted by Crippen LogP contribution is 2.55. The first-order chi connectivity index (χ1) is 10.6. The summed E-state index contributed by atoms with van der Waals surface area (Å²) in [5.41, 5.74) is 0.116. The normalized spacial score (nSPS) is 37.0. The van der Waals surface area contributed by atoms with Gasteiger partial charge in [0.25, 0.3) is 0 Å². The lowest BCUT2D eigenvalue weighted by molar-refractivity contribution is -0.126. The van der Waals surface area contributed by atoms with Crippen molar-refractivity contribution < 1.29 is 4.79 Å². The number of amides is 1. The lowest BCUT2D eigenvalue weighted by Crippen LogP contribution is -2.60. The number of nitrogens with one attached hydrogen (secondary N) is 1. The minimum atomic E-state index is -0.0806. The van der Waals surface area contributed by atoms with Crippen molar-refractivity contribution in [3.05, 3.63) is 24.4 Å². The first kappa shape index (κ1) is 14.6. The van der Waals surface area contributed by atoms with E-state index in [1.165, 1.54) is 38.5 Å². The van der Waals surface area contributed by atoms with Gasteiger partial charge in [-0.25, -0.2) is 4.98 Å². The molecule has 1 aromatic rings. The summed E-state index contributed by atoms with van der Waals surface area (Å²) in [4.78, 5) is 17.0. The summed E-state index contributed by atoms with van der Waals surface area (Å²) in [6, 6.07) is 5.85. The van der Waals surface area contributed by atoms with Crippen LogP contribution in [0.3, 0.4) is 0 Å². The number of nitrogens with zero attached hydrogens (tertiary/aromatic N) is 1. The summed E-state index contributed by atoms with van der Waals surface area (Å²) in [7, 11) is 0. The van der Waals surface area contributed by atoms with Crippen LogP contribution >= 0.6 is 11.8 Å². The maximum absolute atomic E-state index is 12.7. The van der Waals surface area contributed by atoms with Gasteiger partial charge in [0.05, 0.1) is 10.3 Å². The molecule has 1 amide bonds. The van der Waals surface area contributed by atoms with E-state index in [1.54, 1.807) is 18.0 Å². The van der Waals surface area contributed by atoms with Gasteiger partial charge in [0.15, 0.2) is 0 Å². The third-order valence-electron chi connectivity index (χ3n) is 5.73. The summed E-state index contributed by atoms with van der Waals surface area (Å²) in [5.74, 6) is 2.79. The van der Waals surface area contributed by atoms with Gasteiger partial charge in [0.1, 0.15) is 0 Å². The van der Waals surface area contributed by atoms with E-state index in [9.17, 15) is 4.79 Å². The molecule has 4 fully saturated rings. The standard InChI is InChI=1S/C18H24N2OS/c1-12(22-16-4-2-3-5-19-16)17(21)20-18-9-13-6-14(10-18)8-15(7-13)11-18/h2-5,12-15H,6-11H2,1H3,(H,20,21)/t12-,13?,14?,15?,18?/m1/s1. The second-order valence-electron chi connectivity index (χ2n) is 7.62. The molecule has 5 rings (SSSR count). The predicted molar refractivity (Wildman–Crippen MR) is 88.6 cm³/mol. The molecule has 0 aliphatic heterocycles. The van der Waals surface area contributed by atoms with Crippen LogP contribution in [0.2, 0.25) is 0 Å². The van der Waals surface area contributed by atoms with E-state index in [2.05, 4.69) is 10.3 Å². The van der Waals surface area contributed by atoms with Gasteiger partial charge in [-0.3, -0.25) is 4.79 Å². The fourth-order valence-electron chi connectivity index (χ4n) is 5.28. The largest absolute Gasteiger partial charge is 0.350 e. The van der Waals surface area contributed by atoms with Crippen molar-refractivity contribution in [1.29, 1.82) is 0 Å². The highest BCUT2D eigenvalue weighted by atomic mass is 32.2. The lowest BCUT2D eigenvalue weighted by Gasteiger charge is -2.57. The van der Waals surface area contributed by atoms with Gasteiger partial charge in [-0.05, 0) is 75.3 Å². The second-order valence-corrected chi connectivity index (χ2v) is 8.98. The molecule has 4 bridgehead atoms. The second kappa shape index (κ2) is 5.55. The highest BCUT2D eigenvalue weighted by Gasteiger charge is 2.51. The quantitative estimate of drug-likeness (QED) is 0.862. The van der Waals surface area contributed by atoms with Crippen LogP contribution in [0.15, 0.2) is 29.4 Å². The third kappa shape index (κ3) is 2.78. The molecule has 0 unspecified atom stereocenters. The van der Waals surface area contributed by atoms with Crippen molar-refractivity contribution in [3.63, 3.8) is 0 Å². The fraction of sp³-hybridized carbons (Fsp3) is 0.667. The first-order valence-electron chi connectivity index (χ1n) is 8.52. The fourth-order valence-corrected chi connectivity index (χ4v) is 6.09. The predicted octanol–water partition coefficient (Wildman–Crippen LogP) is 3.65. The summed E-state index contributed by atoms with van der Waals surface area (Å²) in [6.07, 6.45) is 9.66. The van der Waals surface area contributed by atoms with E-state index in [-0.39, 0.29) is 16.7 Å². The molecule has 0 radical (unpaired) electrons. The molecular weight excluding hydrogens is 292 g/mol. The van der Waals surface area contributed by atoms with Crippen molar-refractivity contribution in [2.45, 2.75) is 61.3 Å². The Morgan fingerprint density at radius 1 is 1.23 bits per heavy atom. The Balaban J connectivity index is 1.41. The molecule has 3 nitrogen and oxygen atoms in total. The minimum Gasteiger partial charge on any atom is -0.350 e. The van der Waals surface area contributed by atoms with E-state index < -0.39 is 0 Å². The number of pyridine rings is 1. The first-order valence-corrected chi connectivity index (χ1v) is 9.40. The van der Waals surface area contributed by atoms with Gasteiger partial charge < -0.3 is 5.32 Å². The van der Waals surface area contributed by atoms with Crippen molar-refractivity contribution in [2.75, 3.05) is 0 Å². The lowest BCUT2D eigenvalue weighted by atomic mass is 9.53. The molecule has 4 saturated carbocycles. The van der Waals surface area contributed by atoms with E-state index >= 15 is 0 Å². The maximum atomic E-state index is 12.7. The third-order valence-corrected chi connectivity index (χ3v) is 6.78. The number of aromatic nitrogens is 1.